The van der Waals surface area contributed by atoms with Crippen molar-refractivity contribution in [2.24, 2.45) is 10.9 Å². The predicted octanol–water partition coefficient (Wildman–Crippen LogP) is -4.19. The number of benzene rings is 1. The molecular formula is C19H20N7NaO12S2. The van der Waals surface area contributed by atoms with E-state index in [4.69, 9.17) is 21.0 Å². The second-order valence-electron chi connectivity index (χ2n) is 7.63. The maximum atomic E-state index is 12.9. The van der Waals surface area contributed by atoms with Crippen molar-refractivity contribution in [3.05, 3.63) is 51.0 Å². The summed E-state index contributed by atoms with van der Waals surface area (Å²) >= 11 is 0.911. The number of thiazole rings is 1. The van der Waals surface area contributed by atoms with Gasteiger partial charge >= 0.3 is 51.9 Å². The summed E-state index contributed by atoms with van der Waals surface area (Å²) in [6.07, 6.45) is -1.31. The first-order chi connectivity index (χ1) is 18.8. The summed E-state index contributed by atoms with van der Waals surface area (Å²) in [6.45, 7) is -1.83. The van der Waals surface area contributed by atoms with Gasteiger partial charge in [0.25, 0.3) is 17.5 Å². The van der Waals surface area contributed by atoms with Crippen molar-refractivity contribution in [1.29, 1.82) is 0 Å². The summed E-state index contributed by atoms with van der Waals surface area (Å²) in [6, 6.07) is 2.05. The number of nitro benzene ring substituents is 1. The number of oxime groups is 1. The number of nitro groups is 1. The van der Waals surface area contributed by atoms with Crippen molar-refractivity contribution in [3.8, 4) is 0 Å². The number of carbonyl (C=O) groups excluding carboxylic acids is 4. The molecule has 41 heavy (non-hydrogen) atoms. The molecule has 1 aromatic heterocycles. The summed E-state index contributed by atoms with van der Waals surface area (Å²) in [7, 11) is -5.07. The quantitative estimate of drug-likeness (QED) is 0.0331. The molecule has 2 atom stereocenters. The van der Waals surface area contributed by atoms with Gasteiger partial charge < -0.3 is 32.5 Å². The van der Waals surface area contributed by atoms with E-state index in [0.717, 1.165) is 11.3 Å². The fourth-order valence-corrected chi connectivity index (χ4v) is 4.59. The van der Waals surface area contributed by atoms with Crippen LogP contribution in [-0.4, -0.2) is 82.1 Å². The van der Waals surface area contributed by atoms with Crippen LogP contribution >= 0.6 is 11.3 Å². The van der Waals surface area contributed by atoms with Crippen LogP contribution in [0.5, 0.6) is 0 Å². The monoisotopic (exact) mass is 625 g/mol. The number of aromatic nitrogens is 1. The van der Waals surface area contributed by atoms with Crippen LogP contribution in [-0.2, 0) is 45.6 Å². The van der Waals surface area contributed by atoms with Gasteiger partial charge in [-0.2, -0.15) is 8.42 Å². The molecule has 1 aromatic carbocycles. The molecule has 2 aromatic rings. The smallest absolute Gasteiger partial charge is 1.00 e. The Bertz CT molecular complexity index is 1470. The van der Waals surface area contributed by atoms with E-state index in [1.165, 1.54) is 29.6 Å². The summed E-state index contributed by atoms with van der Waals surface area (Å²) in [5, 5.41) is 17.7. The molecule has 22 heteroatoms. The zero-order chi connectivity index (χ0) is 29.6. The maximum Gasteiger partial charge on any atom is 1.00 e. The van der Waals surface area contributed by atoms with Crippen molar-refractivity contribution in [3.63, 3.8) is 0 Å². The van der Waals surface area contributed by atoms with Crippen LogP contribution in [0.1, 0.15) is 12.7 Å². The number of primary amides is 1. The maximum absolute atomic E-state index is 12.9. The standard InChI is InChI=1S/C19H19N7O12S2.Na.H/c20-18-22-11(8-39-18)14(24-38-7-13(27)36-5-9-1-3-10(4-2-9)26(31)32)16(28)23-15-12(6-37-19(21)30)25(17(15)29)40(33,34)35;;/h1-4,8,12,15H,5-7H2,(H2,20,22)(H2,21,30)(H,23,28)(H,33,34,35);;/q;+1;-1/b24-14-;;/t12-,15+;;/m1../s1. The predicted molar refractivity (Wildman–Crippen MR) is 133 cm³/mol. The Morgan fingerprint density at radius 2 is 1.93 bits per heavy atom. The zero-order valence-corrected chi connectivity index (χ0v) is 24.5. The second-order valence-corrected chi connectivity index (χ2v) is 9.81. The number of amides is 3. The number of β-lactam (4-membered cyclic amide) rings is 1. The molecule has 1 aliphatic rings. The van der Waals surface area contributed by atoms with Gasteiger partial charge in [-0.3, -0.25) is 24.3 Å². The van der Waals surface area contributed by atoms with E-state index >= 15 is 0 Å². The number of esters is 1. The first-order valence-electron chi connectivity index (χ1n) is 10.6. The molecule has 0 radical (unpaired) electrons. The van der Waals surface area contributed by atoms with Gasteiger partial charge in [-0.1, -0.05) is 5.16 Å². The van der Waals surface area contributed by atoms with Gasteiger partial charge in [0, 0.05) is 17.5 Å². The SMILES string of the molecule is NC(=O)OC[C@@H]1[C@H](NC(=O)/C(=N\OCC(=O)OCc2ccc([N+](=O)[O-])cc2)c2csc(N)n2)C(=O)N1S(=O)(=O)O.[H-].[Na+]. The molecular weight excluding hydrogens is 605 g/mol. The molecule has 1 saturated heterocycles. The van der Waals surface area contributed by atoms with Gasteiger partial charge in [0.05, 0.1) is 4.92 Å². The Labute approximate surface area is 257 Å². The van der Waals surface area contributed by atoms with Gasteiger partial charge in [-0.15, -0.1) is 11.3 Å². The molecule has 216 valence electrons. The molecule has 3 rings (SSSR count). The molecule has 3 amide bonds. The number of rotatable bonds is 12. The van der Waals surface area contributed by atoms with E-state index in [9.17, 15) is 42.3 Å². The summed E-state index contributed by atoms with van der Waals surface area (Å²) in [5.41, 5.74) is 10.0. The van der Waals surface area contributed by atoms with Crippen molar-refractivity contribution in [2.75, 3.05) is 18.9 Å². The minimum atomic E-state index is -5.07. The number of hydrogen-bond acceptors (Lipinski definition) is 15. The largest absolute Gasteiger partial charge is 1.00 e. The number of non-ortho nitro benzene ring substituents is 1. The molecule has 1 fully saturated rings. The number of nitrogens with two attached hydrogens (primary N) is 2. The van der Waals surface area contributed by atoms with Crippen molar-refractivity contribution >= 4 is 62.0 Å². The average Bonchev–Trinajstić information content (AvgIpc) is 3.30. The van der Waals surface area contributed by atoms with Gasteiger partial charge in [-0.25, -0.2) is 18.9 Å². The third kappa shape index (κ3) is 8.80. The van der Waals surface area contributed by atoms with E-state index < -0.39 is 70.1 Å². The van der Waals surface area contributed by atoms with Crippen molar-refractivity contribution in [1.82, 2.24) is 14.6 Å². The molecule has 0 bridgehead atoms. The van der Waals surface area contributed by atoms with Crippen LogP contribution in [0, 0.1) is 10.1 Å². The Kier molecular flexibility index (Phi) is 11.5. The Morgan fingerprint density at radius 1 is 1.27 bits per heavy atom. The average molecular weight is 626 g/mol. The molecule has 6 N–H and O–H groups in total. The number of carbonyl (C=O) groups is 4. The molecule has 0 spiro atoms. The van der Waals surface area contributed by atoms with E-state index in [1.54, 1.807) is 0 Å². The molecule has 0 unspecified atom stereocenters. The van der Waals surface area contributed by atoms with E-state index in [2.05, 4.69) is 20.2 Å². The van der Waals surface area contributed by atoms with E-state index in [-0.39, 0.29) is 58.4 Å². The van der Waals surface area contributed by atoms with Crippen LogP contribution < -0.4 is 46.3 Å². The molecule has 2 heterocycles. The summed E-state index contributed by atoms with van der Waals surface area (Å²) < 4.78 is 41.7. The molecule has 19 nitrogen and oxygen atoms in total. The Hall–Kier alpha value is -3.89. The molecule has 0 saturated carbocycles. The minimum Gasteiger partial charge on any atom is -1.00 e. The number of anilines is 1. The first-order valence-corrected chi connectivity index (χ1v) is 12.9. The first kappa shape index (κ1) is 33.3. The number of ether oxygens (including phenoxy) is 2. The van der Waals surface area contributed by atoms with Gasteiger partial charge in [0.15, 0.2) is 10.8 Å². The zero-order valence-electron chi connectivity index (χ0n) is 21.9. The van der Waals surface area contributed by atoms with Crippen LogP contribution in [0.3, 0.4) is 0 Å². The van der Waals surface area contributed by atoms with Crippen LogP contribution in [0.15, 0.2) is 34.8 Å². The van der Waals surface area contributed by atoms with Gasteiger partial charge in [-0.05, 0) is 17.7 Å². The van der Waals surface area contributed by atoms with Crippen molar-refractivity contribution in [2.45, 2.75) is 18.7 Å². The second kappa shape index (κ2) is 14.1. The fraction of sp³-hybridized carbons (Fsp3) is 0.263. The fourth-order valence-electron chi connectivity index (χ4n) is 3.17. The number of nitrogen functional groups attached to an aromatic ring is 1. The van der Waals surface area contributed by atoms with Crippen LogP contribution in [0.25, 0.3) is 0 Å². The van der Waals surface area contributed by atoms with Crippen LogP contribution in [0.4, 0.5) is 15.6 Å². The normalized spacial score (nSPS) is 16.6. The van der Waals surface area contributed by atoms with Crippen LogP contribution in [0.2, 0.25) is 0 Å². The Morgan fingerprint density at radius 3 is 2.46 bits per heavy atom. The molecule has 0 aliphatic carbocycles. The topological polar surface area (TPSA) is 286 Å². The molecule has 1 aliphatic heterocycles. The van der Waals surface area contributed by atoms with E-state index in [0.29, 0.717) is 5.56 Å². The minimum absolute atomic E-state index is 0. The Balaban J connectivity index is 0.00000441. The summed E-state index contributed by atoms with van der Waals surface area (Å²) in [5.74, 6) is -3.33. The number of nitrogens with zero attached hydrogens (tertiary/aromatic N) is 4. The van der Waals surface area contributed by atoms with Gasteiger partial charge in [0.2, 0.25) is 6.61 Å². The number of nitrogens with one attached hydrogen (secondary N) is 1. The van der Waals surface area contributed by atoms with Crippen molar-refractivity contribution < 1.29 is 82.4 Å². The summed E-state index contributed by atoms with van der Waals surface area (Å²) in [4.78, 5) is 67.0. The third-order valence-electron chi connectivity index (χ3n) is 4.97. The van der Waals surface area contributed by atoms with E-state index in [1.807, 2.05) is 0 Å². The van der Waals surface area contributed by atoms with Gasteiger partial charge in [0.1, 0.15) is 31.0 Å². The number of hydrogen-bond donors (Lipinski definition) is 4. The third-order valence-corrected chi connectivity index (χ3v) is 6.59.